The molecule has 0 aliphatic rings. The number of rotatable bonds is 1. The maximum absolute atomic E-state index is 10.5. The number of carboxylic acid groups (broad SMARTS) is 1. The van der Waals surface area contributed by atoms with E-state index in [2.05, 4.69) is 4.98 Å². The second kappa shape index (κ2) is 2.81. The van der Waals surface area contributed by atoms with Crippen LogP contribution in [0.4, 0.5) is 0 Å². The van der Waals surface area contributed by atoms with Crippen molar-refractivity contribution in [2.75, 3.05) is 0 Å². The van der Waals surface area contributed by atoms with E-state index >= 15 is 0 Å². The topological polar surface area (TPSA) is 53.0 Å². The third-order valence-corrected chi connectivity index (χ3v) is 2.66. The average molecular weight is 192 g/mol. The van der Waals surface area contributed by atoms with Crippen LogP contribution in [0.5, 0.6) is 0 Å². The molecule has 66 valence electrons. The van der Waals surface area contributed by atoms with Crippen molar-refractivity contribution in [3.63, 3.8) is 0 Å². The molecule has 1 aromatic heterocycles. The van der Waals surface area contributed by atoms with E-state index in [0.29, 0.717) is 0 Å². The second-order valence-electron chi connectivity index (χ2n) is 2.70. The van der Waals surface area contributed by atoms with Gasteiger partial charge in [-0.2, -0.15) is 0 Å². The molecule has 1 aromatic carbocycles. The number of carbonyl (C=O) groups is 1. The first-order valence-corrected chi connectivity index (χ1v) is 4.57. The zero-order valence-corrected chi connectivity index (χ0v) is 7.72. The average Bonchev–Trinajstić information content (AvgIpc) is 2.42. The number of thiazole rings is 1. The van der Waals surface area contributed by atoms with Gasteiger partial charge in [0.2, 0.25) is 0 Å². The van der Waals surface area contributed by atoms with Crippen molar-refractivity contribution in [1.82, 2.24) is 4.98 Å². The van der Waals surface area contributed by atoms with Gasteiger partial charge in [-0.05, 0) is 24.6 Å². The van der Waals surface area contributed by atoms with E-state index in [4.69, 9.17) is 0 Å². The summed E-state index contributed by atoms with van der Waals surface area (Å²) in [6.07, 6.45) is 0. The molecule has 3 nitrogen and oxygen atoms in total. The third kappa shape index (κ3) is 1.40. The van der Waals surface area contributed by atoms with Crippen molar-refractivity contribution in [1.29, 1.82) is 0 Å². The summed E-state index contributed by atoms with van der Waals surface area (Å²) < 4.78 is 0.888. The van der Waals surface area contributed by atoms with Crippen molar-refractivity contribution >= 4 is 27.5 Å². The zero-order valence-electron chi connectivity index (χ0n) is 6.90. The summed E-state index contributed by atoms with van der Waals surface area (Å²) in [5, 5.41) is 11.5. The van der Waals surface area contributed by atoms with Crippen LogP contribution in [0.2, 0.25) is 0 Å². The fraction of sp³-hybridized carbons (Fsp3) is 0.111. The highest BCUT2D eigenvalue weighted by molar-refractivity contribution is 7.18. The normalized spacial score (nSPS) is 10.5. The molecule has 1 heterocycles. The lowest BCUT2D eigenvalue weighted by Crippen LogP contribution is -2.21. The van der Waals surface area contributed by atoms with Crippen molar-refractivity contribution in [2.45, 2.75) is 6.92 Å². The molecule has 0 amide bonds. The fourth-order valence-corrected chi connectivity index (χ4v) is 2.03. The van der Waals surface area contributed by atoms with Crippen LogP contribution in [0.1, 0.15) is 15.4 Å². The minimum atomic E-state index is -1.15. The Morgan fingerprint density at radius 2 is 2.31 bits per heavy atom. The summed E-state index contributed by atoms with van der Waals surface area (Å²) in [6.45, 7) is 1.89. The molecule has 2 aromatic rings. The van der Waals surface area contributed by atoms with E-state index in [1.165, 1.54) is 17.4 Å². The van der Waals surface area contributed by atoms with E-state index in [1.807, 2.05) is 6.92 Å². The Labute approximate surface area is 78.7 Å². The number of nitrogens with zero attached hydrogens (tertiary/aromatic N) is 1. The van der Waals surface area contributed by atoms with Gasteiger partial charge in [0.25, 0.3) is 0 Å². The highest BCUT2D eigenvalue weighted by Crippen LogP contribution is 2.22. The lowest BCUT2D eigenvalue weighted by molar-refractivity contribution is -0.255. The third-order valence-electron chi connectivity index (χ3n) is 1.73. The Morgan fingerprint density at radius 3 is 3.00 bits per heavy atom. The van der Waals surface area contributed by atoms with Gasteiger partial charge in [0.1, 0.15) is 0 Å². The molecule has 0 aliphatic heterocycles. The van der Waals surface area contributed by atoms with Crippen molar-refractivity contribution < 1.29 is 9.90 Å². The SMILES string of the molecule is Cc1nc2ccc(C(=O)[O-])cc2s1. The van der Waals surface area contributed by atoms with Crippen molar-refractivity contribution in [2.24, 2.45) is 0 Å². The van der Waals surface area contributed by atoms with Crippen molar-refractivity contribution in [3.05, 3.63) is 28.8 Å². The molecule has 0 saturated heterocycles. The van der Waals surface area contributed by atoms with E-state index in [0.717, 1.165) is 15.2 Å². The highest BCUT2D eigenvalue weighted by Gasteiger charge is 2.01. The van der Waals surface area contributed by atoms with E-state index in [9.17, 15) is 9.90 Å². The van der Waals surface area contributed by atoms with Crippen LogP contribution < -0.4 is 5.11 Å². The Kier molecular flexibility index (Phi) is 1.77. The molecule has 0 unspecified atom stereocenters. The van der Waals surface area contributed by atoms with Crippen LogP contribution in [0.25, 0.3) is 10.2 Å². The number of hydrogen-bond donors (Lipinski definition) is 0. The Bertz CT molecular complexity index is 475. The first kappa shape index (κ1) is 8.19. The number of aromatic nitrogens is 1. The molecule has 13 heavy (non-hydrogen) atoms. The predicted molar refractivity (Wildman–Crippen MR) is 48.7 cm³/mol. The van der Waals surface area contributed by atoms with E-state index in [-0.39, 0.29) is 5.56 Å². The van der Waals surface area contributed by atoms with Gasteiger partial charge in [-0.1, -0.05) is 6.07 Å². The molecule has 4 heteroatoms. The lowest BCUT2D eigenvalue weighted by Gasteiger charge is -1.99. The smallest absolute Gasteiger partial charge is 0.0907 e. The van der Waals surface area contributed by atoms with Gasteiger partial charge in [0.05, 0.1) is 21.2 Å². The monoisotopic (exact) mass is 192 g/mol. The lowest BCUT2D eigenvalue weighted by atomic mass is 10.2. The highest BCUT2D eigenvalue weighted by atomic mass is 32.1. The summed E-state index contributed by atoms with van der Waals surface area (Å²) >= 11 is 1.48. The van der Waals surface area contributed by atoms with E-state index in [1.54, 1.807) is 12.1 Å². The van der Waals surface area contributed by atoms with E-state index < -0.39 is 5.97 Å². The fourth-order valence-electron chi connectivity index (χ4n) is 1.17. The molecule has 2 rings (SSSR count). The number of benzene rings is 1. The minimum absolute atomic E-state index is 0.205. The summed E-state index contributed by atoms with van der Waals surface area (Å²) in [6, 6.07) is 4.80. The van der Waals surface area contributed by atoms with Gasteiger partial charge in [0.15, 0.2) is 0 Å². The minimum Gasteiger partial charge on any atom is -0.545 e. The number of aromatic carboxylic acids is 1. The Balaban J connectivity index is 2.67. The Morgan fingerprint density at radius 1 is 1.54 bits per heavy atom. The van der Waals surface area contributed by atoms with Crippen LogP contribution in [-0.4, -0.2) is 11.0 Å². The number of hydrogen-bond acceptors (Lipinski definition) is 4. The summed E-state index contributed by atoms with van der Waals surface area (Å²) in [4.78, 5) is 14.7. The van der Waals surface area contributed by atoms with Gasteiger partial charge in [-0.15, -0.1) is 11.3 Å². The number of carboxylic acids is 1. The van der Waals surface area contributed by atoms with Crippen LogP contribution in [-0.2, 0) is 0 Å². The molecule has 0 fully saturated rings. The molecule has 0 radical (unpaired) electrons. The molecule has 0 spiro atoms. The van der Waals surface area contributed by atoms with Gasteiger partial charge in [-0.3, -0.25) is 0 Å². The first-order chi connectivity index (χ1) is 6.16. The second-order valence-corrected chi connectivity index (χ2v) is 3.94. The molecule has 0 N–H and O–H groups in total. The summed E-state index contributed by atoms with van der Waals surface area (Å²) in [5.74, 6) is -1.15. The number of aryl methyl sites for hydroxylation is 1. The van der Waals surface area contributed by atoms with Crippen LogP contribution in [0.15, 0.2) is 18.2 Å². The maximum atomic E-state index is 10.5. The Hall–Kier alpha value is -1.42. The quantitative estimate of drug-likeness (QED) is 0.676. The molecule has 0 aliphatic carbocycles. The van der Waals surface area contributed by atoms with Crippen LogP contribution in [0, 0.1) is 6.92 Å². The van der Waals surface area contributed by atoms with Gasteiger partial charge in [0, 0.05) is 0 Å². The number of fused-ring (bicyclic) bond motifs is 1. The van der Waals surface area contributed by atoms with Gasteiger partial charge < -0.3 is 9.90 Å². The summed E-state index contributed by atoms with van der Waals surface area (Å²) in [7, 11) is 0. The molecular formula is C9H6NO2S-. The molecule has 0 bridgehead atoms. The molecular weight excluding hydrogens is 186 g/mol. The largest absolute Gasteiger partial charge is 0.545 e. The standard InChI is InChI=1S/C9H7NO2S/c1-5-10-7-3-2-6(9(11)12)4-8(7)13-5/h2-4H,1H3,(H,11,12)/p-1. The summed E-state index contributed by atoms with van der Waals surface area (Å²) in [5.41, 5.74) is 1.05. The molecule has 0 atom stereocenters. The molecule has 0 saturated carbocycles. The first-order valence-electron chi connectivity index (χ1n) is 3.75. The van der Waals surface area contributed by atoms with Gasteiger partial charge >= 0.3 is 0 Å². The van der Waals surface area contributed by atoms with Crippen LogP contribution in [0.3, 0.4) is 0 Å². The van der Waals surface area contributed by atoms with Gasteiger partial charge in [-0.25, -0.2) is 4.98 Å². The maximum Gasteiger partial charge on any atom is 0.0907 e. The predicted octanol–water partition coefficient (Wildman–Crippen LogP) is 0.968. The zero-order chi connectivity index (χ0) is 9.42. The van der Waals surface area contributed by atoms with Crippen molar-refractivity contribution in [3.8, 4) is 0 Å². The van der Waals surface area contributed by atoms with Crippen LogP contribution >= 0.6 is 11.3 Å². The number of carbonyl (C=O) groups excluding carboxylic acids is 1.